The lowest BCUT2D eigenvalue weighted by Crippen LogP contribution is -2.10. The maximum absolute atomic E-state index is 13.4. The minimum Gasteiger partial charge on any atom is -0.366 e. The van der Waals surface area contributed by atoms with Crippen molar-refractivity contribution in [1.82, 2.24) is 19.6 Å². The molecule has 0 unspecified atom stereocenters. The fraction of sp³-hybridized carbons (Fsp3) is 0.0833. The van der Waals surface area contributed by atoms with Crippen LogP contribution < -0.4 is 11.0 Å². The van der Waals surface area contributed by atoms with Crippen molar-refractivity contribution in [3.05, 3.63) is 58.3 Å². The fourth-order valence-corrected chi connectivity index (χ4v) is 1.76. The first-order valence-corrected chi connectivity index (χ1v) is 5.74. The molecule has 3 aromatic rings. The summed E-state index contributed by atoms with van der Waals surface area (Å²) in [6.45, 7) is 0.143. The van der Waals surface area contributed by atoms with Crippen LogP contribution in [0, 0.1) is 11.6 Å². The van der Waals surface area contributed by atoms with Gasteiger partial charge in [-0.15, -0.1) is 0 Å². The number of anilines is 1. The van der Waals surface area contributed by atoms with Crippen molar-refractivity contribution >= 4 is 11.5 Å². The summed E-state index contributed by atoms with van der Waals surface area (Å²) in [7, 11) is 0. The summed E-state index contributed by atoms with van der Waals surface area (Å²) in [5.41, 5.74) is 0.322. The minimum absolute atomic E-state index is 0.143. The van der Waals surface area contributed by atoms with E-state index in [4.69, 9.17) is 0 Å². The number of nitrogens with one attached hydrogen (secondary N) is 2. The molecule has 2 heterocycles. The highest BCUT2D eigenvalue weighted by atomic mass is 19.1. The van der Waals surface area contributed by atoms with Gasteiger partial charge in [-0.25, -0.2) is 28.1 Å². The van der Waals surface area contributed by atoms with Gasteiger partial charge in [0.1, 0.15) is 23.8 Å². The second-order valence-electron chi connectivity index (χ2n) is 4.12. The highest BCUT2D eigenvalue weighted by Gasteiger charge is 2.05. The standard InChI is InChI=1S/C12H9F2N5O/c13-8-2-1-7(9(14)3-8)5-15-10-4-11-17-18-12(20)19(11)6-16-10/h1-4,6,15H,5H2,(H,18,20). The second kappa shape index (κ2) is 4.72. The van der Waals surface area contributed by atoms with Crippen LogP contribution >= 0.6 is 0 Å². The third-order valence-electron chi connectivity index (χ3n) is 2.78. The Morgan fingerprint density at radius 2 is 2.15 bits per heavy atom. The zero-order valence-corrected chi connectivity index (χ0v) is 10.1. The van der Waals surface area contributed by atoms with Crippen molar-refractivity contribution in [3.63, 3.8) is 0 Å². The first-order chi connectivity index (χ1) is 9.63. The SMILES string of the molecule is O=c1[nH]nc2cc(NCc3ccc(F)cc3F)ncn12. The summed E-state index contributed by atoms with van der Waals surface area (Å²) in [5, 5.41) is 8.95. The molecule has 0 saturated carbocycles. The zero-order valence-electron chi connectivity index (χ0n) is 10.1. The molecule has 0 atom stereocenters. The minimum atomic E-state index is -0.630. The molecule has 0 aliphatic rings. The molecular weight excluding hydrogens is 268 g/mol. The van der Waals surface area contributed by atoms with Crippen molar-refractivity contribution < 1.29 is 8.78 Å². The number of benzene rings is 1. The van der Waals surface area contributed by atoms with Crippen molar-refractivity contribution in [3.8, 4) is 0 Å². The van der Waals surface area contributed by atoms with Crippen LogP contribution in [0.5, 0.6) is 0 Å². The summed E-state index contributed by atoms with van der Waals surface area (Å²) in [6.07, 6.45) is 1.31. The Labute approximate surface area is 111 Å². The van der Waals surface area contributed by atoms with E-state index in [1.807, 2.05) is 0 Å². The van der Waals surface area contributed by atoms with Gasteiger partial charge in [-0.3, -0.25) is 0 Å². The number of H-pyrrole nitrogens is 1. The molecule has 6 nitrogen and oxygen atoms in total. The normalized spacial score (nSPS) is 10.9. The molecule has 2 N–H and O–H groups in total. The lowest BCUT2D eigenvalue weighted by atomic mass is 10.2. The predicted molar refractivity (Wildman–Crippen MR) is 67.3 cm³/mol. The molecule has 2 aromatic heterocycles. The van der Waals surface area contributed by atoms with Crippen LogP contribution in [-0.2, 0) is 6.54 Å². The Balaban J connectivity index is 1.81. The van der Waals surface area contributed by atoms with E-state index in [0.717, 1.165) is 6.07 Å². The van der Waals surface area contributed by atoms with Gasteiger partial charge in [0, 0.05) is 24.2 Å². The largest absolute Gasteiger partial charge is 0.366 e. The first-order valence-electron chi connectivity index (χ1n) is 5.74. The average molecular weight is 277 g/mol. The van der Waals surface area contributed by atoms with Crippen LogP contribution in [0.3, 0.4) is 0 Å². The van der Waals surface area contributed by atoms with Gasteiger partial charge in [0.2, 0.25) is 0 Å². The van der Waals surface area contributed by atoms with Crippen molar-refractivity contribution in [2.45, 2.75) is 6.54 Å². The van der Waals surface area contributed by atoms with Crippen molar-refractivity contribution in [2.75, 3.05) is 5.32 Å². The Bertz CT molecular complexity index is 826. The maximum atomic E-state index is 13.4. The van der Waals surface area contributed by atoms with E-state index in [9.17, 15) is 13.6 Å². The lowest BCUT2D eigenvalue weighted by molar-refractivity contribution is 0.574. The number of halogens is 2. The molecule has 0 saturated heterocycles. The third kappa shape index (κ3) is 2.22. The van der Waals surface area contributed by atoms with Crippen LogP contribution in [0.1, 0.15) is 5.56 Å². The predicted octanol–water partition coefficient (Wildman–Crippen LogP) is 1.31. The third-order valence-corrected chi connectivity index (χ3v) is 2.78. The van der Waals surface area contributed by atoms with Crippen LogP contribution in [0.15, 0.2) is 35.4 Å². The smallest absolute Gasteiger partial charge is 0.348 e. The quantitative estimate of drug-likeness (QED) is 0.757. The molecule has 1 aromatic carbocycles. The molecule has 0 aliphatic carbocycles. The Hall–Kier alpha value is -2.77. The molecular formula is C12H9F2N5O. The van der Waals surface area contributed by atoms with Gasteiger partial charge in [0.05, 0.1) is 0 Å². The molecule has 102 valence electrons. The van der Waals surface area contributed by atoms with Crippen molar-refractivity contribution in [2.24, 2.45) is 0 Å². The van der Waals surface area contributed by atoms with Crippen molar-refractivity contribution in [1.29, 1.82) is 0 Å². The molecule has 20 heavy (non-hydrogen) atoms. The molecule has 0 spiro atoms. The number of hydrogen-bond donors (Lipinski definition) is 2. The number of aromatic nitrogens is 4. The molecule has 0 bridgehead atoms. The van der Waals surface area contributed by atoms with Crippen LogP contribution in [0.2, 0.25) is 0 Å². The van der Waals surface area contributed by atoms with E-state index in [1.54, 1.807) is 6.07 Å². The first kappa shape index (κ1) is 12.3. The fourth-order valence-electron chi connectivity index (χ4n) is 1.76. The van der Waals surface area contributed by atoms with Crippen LogP contribution in [0.25, 0.3) is 5.65 Å². The highest BCUT2D eigenvalue weighted by Crippen LogP contribution is 2.12. The molecule has 0 fully saturated rings. The Morgan fingerprint density at radius 1 is 1.30 bits per heavy atom. The molecule has 8 heteroatoms. The van der Waals surface area contributed by atoms with E-state index < -0.39 is 11.6 Å². The van der Waals surface area contributed by atoms with E-state index >= 15 is 0 Å². The summed E-state index contributed by atoms with van der Waals surface area (Å²) in [5.74, 6) is -0.823. The Kier molecular flexibility index (Phi) is 2.90. The van der Waals surface area contributed by atoms with Gasteiger partial charge in [-0.1, -0.05) is 6.07 Å². The van der Waals surface area contributed by atoms with Crippen LogP contribution in [0.4, 0.5) is 14.6 Å². The summed E-state index contributed by atoms with van der Waals surface area (Å²) in [6, 6.07) is 4.90. The summed E-state index contributed by atoms with van der Waals surface area (Å²) < 4.78 is 27.5. The number of fused-ring (bicyclic) bond motifs is 1. The topological polar surface area (TPSA) is 75.1 Å². The van der Waals surface area contributed by atoms with Gasteiger partial charge in [-0.2, -0.15) is 5.10 Å². The summed E-state index contributed by atoms with van der Waals surface area (Å²) in [4.78, 5) is 15.2. The van der Waals surface area contributed by atoms with Gasteiger partial charge < -0.3 is 5.32 Å². The maximum Gasteiger partial charge on any atom is 0.348 e. The second-order valence-corrected chi connectivity index (χ2v) is 4.12. The number of hydrogen-bond acceptors (Lipinski definition) is 4. The molecule has 0 amide bonds. The van der Waals surface area contributed by atoms with Gasteiger partial charge in [0.15, 0.2) is 5.65 Å². The number of aromatic amines is 1. The number of nitrogens with zero attached hydrogens (tertiary/aromatic N) is 3. The molecule has 0 radical (unpaired) electrons. The Morgan fingerprint density at radius 3 is 2.95 bits per heavy atom. The number of rotatable bonds is 3. The monoisotopic (exact) mass is 277 g/mol. The van der Waals surface area contributed by atoms with Gasteiger partial charge >= 0.3 is 5.69 Å². The summed E-state index contributed by atoms with van der Waals surface area (Å²) >= 11 is 0. The van der Waals surface area contributed by atoms with E-state index in [0.29, 0.717) is 17.0 Å². The van der Waals surface area contributed by atoms with E-state index in [2.05, 4.69) is 20.5 Å². The molecule has 3 rings (SSSR count). The average Bonchev–Trinajstić information content (AvgIpc) is 2.79. The molecule has 0 aliphatic heterocycles. The van der Waals surface area contributed by atoms with Gasteiger partial charge in [-0.05, 0) is 6.07 Å². The van der Waals surface area contributed by atoms with E-state index in [-0.39, 0.29) is 12.2 Å². The zero-order chi connectivity index (χ0) is 14.1. The van der Waals surface area contributed by atoms with Crippen LogP contribution in [-0.4, -0.2) is 19.6 Å². The van der Waals surface area contributed by atoms with E-state index in [1.165, 1.54) is 22.9 Å². The van der Waals surface area contributed by atoms with Gasteiger partial charge in [0.25, 0.3) is 0 Å². The highest BCUT2D eigenvalue weighted by molar-refractivity contribution is 5.48. The lowest BCUT2D eigenvalue weighted by Gasteiger charge is -2.06.